The first-order valence-corrected chi connectivity index (χ1v) is 16.0. The zero-order chi connectivity index (χ0) is 30.7. The van der Waals surface area contributed by atoms with E-state index in [1.54, 1.807) is 6.20 Å². The van der Waals surface area contributed by atoms with Crippen LogP contribution in [0.2, 0.25) is 0 Å². The summed E-state index contributed by atoms with van der Waals surface area (Å²) in [5.41, 5.74) is 7.11. The summed E-state index contributed by atoms with van der Waals surface area (Å²) in [6.45, 7) is 2.13. The lowest BCUT2D eigenvalue weighted by Gasteiger charge is -2.41. The monoisotopic (exact) mass is 604 g/mol. The molecule has 1 atom stereocenters. The molecule has 1 amide bonds. The van der Waals surface area contributed by atoms with Gasteiger partial charge in [0, 0.05) is 47.0 Å². The largest absolute Gasteiger partial charge is 0.377 e. The molecule has 1 aliphatic heterocycles. The van der Waals surface area contributed by atoms with Crippen molar-refractivity contribution in [2.75, 3.05) is 0 Å². The molecule has 5 aromatic rings. The molecule has 2 fully saturated rings. The third-order valence-corrected chi connectivity index (χ3v) is 10.2. The predicted molar refractivity (Wildman–Crippen MR) is 172 cm³/mol. The van der Waals surface area contributed by atoms with Crippen molar-refractivity contribution in [1.82, 2.24) is 40.2 Å². The summed E-state index contributed by atoms with van der Waals surface area (Å²) in [7, 11) is 2.02. The van der Waals surface area contributed by atoms with Gasteiger partial charge >= 0.3 is 0 Å². The third-order valence-electron chi connectivity index (χ3n) is 10.2. The lowest BCUT2D eigenvalue weighted by atomic mass is 9.75. The Hall–Kier alpha value is -4.73. The van der Waals surface area contributed by atoms with E-state index in [0.29, 0.717) is 11.6 Å². The quantitative estimate of drug-likeness (QED) is 0.195. The molecule has 0 saturated heterocycles. The topological polar surface area (TPSA) is 105 Å². The first-order chi connectivity index (χ1) is 21.9. The number of dihydropyridines is 1. The van der Waals surface area contributed by atoms with E-state index in [1.807, 2.05) is 37.4 Å². The number of aryl methyl sites for hydroxylation is 2. The maximum atomic E-state index is 14.0. The van der Waals surface area contributed by atoms with Gasteiger partial charge < -0.3 is 19.8 Å². The van der Waals surface area contributed by atoms with E-state index in [2.05, 4.69) is 54.2 Å². The molecule has 45 heavy (non-hydrogen) atoms. The Bertz CT molecular complexity index is 1990. The number of allylic oxidation sites excluding steroid dienone is 2. The Kier molecular flexibility index (Phi) is 6.62. The van der Waals surface area contributed by atoms with E-state index in [-0.39, 0.29) is 17.8 Å². The summed E-state index contributed by atoms with van der Waals surface area (Å²) in [4.78, 5) is 19.0. The fourth-order valence-electron chi connectivity index (χ4n) is 7.73. The van der Waals surface area contributed by atoms with Crippen LogP contribution in [0.15, 0.2) is 66.8 Å². The normalized spacial score (nSPS) is 19.8. The average molecular weight is 605 g/mol. The smallest absolute Gasteiger partial charge is 0.252 e. The number of nitrogens with zero attached hydrogens (tertiary/aromatic N) is 5. The zero-order valence-electron chi connectivity index (χ0n) is 25.6. The summed E-state index contributed by atoms with van der Waals surface area (Å²) in [6.07, 6.45) is 15.2. The summed E-state index contributed by atoms with van der Waals surface area (Å²) in [6, 6.07) is 12.4. The van der Waals surface area contributed by atoms with Crippen LogP contribution in [0.1, 0.15) is 90.9 Å². The van der Waals surface area contributed by atoms with Gasteiger partial charge in [0.1, 0.15) is 17.3 Å². The fourth-order valence-corrected chi connectivity index (χ4v) is 7.73. The molecule has 10 heteroatoms. The van der Waals surface area contributed by atoms with Gasteiger partial charge in [-0.3, -0.25) is 4.79 Å². The number of H-pyrrole nitrogens is 1. The number of carbonyl (C=O) groups is 1. The third kappa shape index (κ3) is 4.57. The number of rotatable bonds is 6. The van der Waals surface area contributed by atoms with Crippen molar-refractivity contribution in [2.45, 2.75) is 75.9 Å². The highest BCUT2D eigenvalue weighted by atomic mass is 19.1. The van der Waals surface area contributed by atoms with Gasteiger partial charge in [0.25, 0.3) is 5.91 Å². The number of amides is 1. The minimum atomic E-state index is -0.532. The molecule has 230 valence electrons. The van der Waals surface area contributed by atoms with Crippen LogP contribution in [-0.2, 0) is 12.6 Å². The van der Waals surface area contributed by atoms with E-state index in [0.717, 1.165) is 82.4 Å². The van der Waals surface area contributed by atoms with Crippen molar-refractivity contribution in [1.29, 1.82) is 0 Å². The molecule has 8 rings (SSSR count). The Labute approximate surface area is 260 Å². The van der Waals surface area contributed by atoms with Gasteiger partial charge in [-0.15, -0.1) is 0 Å². The van der Waals surface area contributed by atoms with Crippen LogP contribution in [0, 0.1) is 6.92 Å². The van der Waals surface area contributed by atoms with Gasteiger partial charge in [-0.05, 0) is 81.0 Å². The lowest BCUT2D eigenvalue weighted by Crippen LogP contribution is -2.52. The van der Waals surface area contributed by atoms with Crippen molar-refractivity contribution in [3.05, 3.63) is 89.4 Å². The molecular weight excluding hydrogens is 567 g/mol. The van der Waals surface area contributed by atoms with Crippen LogP contribution in [0.25, 0.3) is 33.2 Å². The maximum Gasteiger partial charge on any atom is 0.252 e. The molecule has 0 radical (unpaired) electrons. The molecule has 0 spiro atoms. The molecule has 2 saturated carbocycles. The number of halogens is 1. The fraction of sp³-hybridized carbons (Fsp3) is 0.371. The van der Waals surface area contributed by atoms with Crippen molar-refractivity contribution < 1.29 is 9.18 Å². The van der Waals surface area contributed by atoms with Crippen LogP contribution < -0.4 is 10.6 Å². The number of aromatic nitrogens is 6. The number of fused-ring (bicyclic) bond motifs is 2. The number of imidazole rings is 1. The highest BCUT2D eigenvalue weighted by molar-refractivity contribution is 6.00. The maximum absolute atomic E-state index is 14.0. The second-order valence-corrected chi connectivity index (χ2v) is 12.9. The van der Waals surface area contributed by atoms with Crippen LogP contribution >= 0.6 is 0 Å². The first-order valence-electron chi connectivity index (χ1n) is 16.0. The number of aromatic amines is 1. The Morgan fingerprint density at radius 2 is 1.91 bits per heavy atom. The van der Waals surface area contributed by atoms with E-state index in [9.17, 15) is 9.18 Å². The summed E-state index contributed by atoms with van der Waals surface area (Å²) in [5.74, 6) is 0.496. The summed E-state index contributed by atoms with van der Waals surface area (Å²) >= 11 is 0. The Balaban J connectivity index is 1.14. The number of nitrogens with one attached hydrogen (secondary N) is 3. The highest BCUT2D eigenvalue weighted by Gasteiger charge is 2.44. The molecular formula is C35H37FN8O. The molecule has 3 aliphatic rings. The zero-order valence-corrected chi connectivity index (χ0v) is 25.6. The molecule has 9 nitrogen and oxygen atoms in total. The lowest BCUT2D eigenvalue weighted by molar-refractivity contribution is 0.0805. The van der Waals surface area contributed by atoms with Crippen molar-refractivity contribution in [3.8, 4) is 11.3 Å². The van der Waals surface area contributed by atoms with Crippen LogP contribution in [-0.4, -0.2) is 35.4 Å². The number of hydrogen-bond acceptors (Lipinski definition) is 5. The van der Waals surface area contributed by atoms with E-state index >= 15 is 0 Å². The Morgan fingerprint density at radius 1 is 1.07 bits per heavy atom. The molecule has 0 bridgehead atoms. The van der Waals surface area contributed by atoms with Crippen molar-refractivity contribution >= 4 is 27.8 Å². The second kappa shape index (κ2) is 10.7. The minimum Gasteiger partial charge on any atom is -0.377 e. The number of hydrogen-bond donors (Lipinski definition) is 3. The SMILES string of the molecule is Cc1c(C2C=CC(F)=CN2)n(C2CCCCC2)c2ccc(C(=O)NC3(c4nc5ccc(-c6cn[nH]n6)cc5n4C)CCC3)cc12. The van der Waals surface area contributed by atoms with Gasteiger partial charge in [-0.1, -0.05) is 31.4 Å². The van der Waals surface area contributed by atoms with Crippen molar-refractivity contribution in [3.63, 3.8) is 0 Å². The van der Waals surface area contributed by atoms with Gasteiger partial charge in [0.05, 0.1) is 28.8 Å². The van der Waals surface area contributed by atoms with Crippen LogP contribution in [0.5, 0.6) is 0 Å². The molecule has 3 N–H and O–H groups in total. The average Bonchev–Trinajstić information content (AvgIpc) is 3.77. The van der Waals surface area contributed by atoms with Crippen LogP contribution in [0.4, 0.5) is 4.39 Å². The summed E-state index contributed by atoms with van der Waals surface area (Å²) in [5, 5.41) is 18.6. The van der Waals surface area contributed by atoms with E-state index in [4.69, 9.17) is 4.98 Å². The highest BCUT2D eigenvalue weighted by Crippen LogP contribution is 2.43. The Morgan fingerprint density at radius 3 is 2.62 bits per heavy atom. The second-order valence-electron chi connectivity index (χ2n) is 12.9. The van der Waals surface area contributed by atoms with Gasteiger partial charge in [-0.2, -0.15) is 15.4 Å². The molecule has 2 aliphatic carbocycles. The number of carbonyl (C=O) groups excluding carboxylic acids is 1. The minimum absolute atomic E-state index is 0.0981. The molecule has 2 aromatic carbocycles. The first kappa shape index (κ1) is 27.8. The van der Waals surface area contributed by atoms with Crippen LogP contribution in [0.3, 0.4) is 0 Å². The van der Waals surface area contributed by atoms with Gasteiger partial charge in [0.15, 0.2) is 0 Å². The van der Waals surface area contributed by atoms with Gasteiger partial charge in [0.2, 0.25) is 0 Å². The number of benzene rings is 2. The molecule has 1 unspecified atom stereocenters. The standard InChI is InChI=1S/C35H37FN8O/c1-21-26-17-23(10-14-30(26)44(25-7-4-3-5-8-25)32(21)28-13-11-24(36)19-37-28)33(45)40-35(15-6-16-35)34-39-27-12-9-22(18-31(27)43(34)2)29-20-38-42-41-29/h9-14,17-20,25,28,37H,3-8,15-16H2,1-2H3,(H,40,45)(H,38,41,42). The van der Waals surface area contributed by atoms with Gasteiger partial charge in [-0.25, -0.2) is 9.37 Å². The van der Waals surface area contributed by atoms with E-state index in [1.165, 1.54) is 31.5 Å². The predicted octanol–water partition coefficient (Wildman–Crippen LogP) is 6.95. The summed E-state index contributed by atoms with van der Waals surface area (Å²) < 4.78 is 18.4. The van der Waals surface area contributed by atoms with E-state index < -0.39 is 5.54 Å². The molecule has 3 aromatic heterocycles. The van der Waals surface area contributed by atoms with Crippen molar-refractivity contribution in [2.24, 2.45) is 7.05 Å². The molecule has 4 heterocycles.